The number of aliphatic hydroxyl groups is 1. The molecule has 1 aliphatic heterocycles. The van der Waals surface area contributed by atoms with Crippen molar-refractivity contribution in [3.05, 3.63) is 35.4 Å². The molecule has 0 saturated heterocycles. The quantitative estimate of drug-likeness (QED) is 0.785. The molecule has 1 aromatic rings. The number of benzene rings is 1. The molecule has 0 atom stereocenters. The molecule has 17 heavy (non-hydrogen) atoms. The summed E-state index contributed by atoms with van der Waals surface area (Å²) in [7, 11) is 0. The van der Waals surface area contributed by atoms with E-state index in [1.807, 2.05) is 18.2 Å². The van der Waals surface area contributed by atoms with Crippen LogP contribution in [0.1, 0.15) is 24.0 Å². The maximum Gasteiger partial charge on any atom is 0.129 e. The lowest BCUT2D eigenvalue weighted by atomic mass is 9.99. The summed E-state index contributed by atoms with van der Waals surface area (Å²) in [5, 5.41) is 18.5. The van der Waals surface area contributed by atoms with Gasteiger partial charge in [-0.05, 0) is 37.3 Å². The Balaban J connectivity index is 2.19. The zero-order valence-electron chi connectivity index (χ0n) is 9.85. The summed E-state index contributed by atoms with van der Waals surface area (Å²) in [6.45, 7) is 0.885. The van der Waals surface area contributed by atoms with E-state index in [1.54, 1.807) is 6.07 Å². The fraction of sp³-hybridized carbons (Fsp3) is 0.429. The molecule has 0 fully saturated rings. The van der Waals surface area contributed by atoms with Crippen LogP contribution in [0.5, 0.6) is 11.5 Å². The topological polar surface area (TPSA) is 49.7 Å². The number of hydrogen-bond acceptors (Lipinski definition) is 3. The third kappa shape index (κ3) is 2.80. The molecule has 1 heterocycles. The van der Waals surface area contributed by atoms with Crippen LogP contribution in [-0.4, -0.2) is 23.4 Å². The van der Waals surface area contributed by atoms with Crippen molar-refractivity contribution in [3.8, 4) is 11.5 Å². The summed E-state index contributed by atoms with van der Waals surface area (Å²) in [5.74, 6) is 1.14. The van der Waals surface area contributed by atoms with Crippen molar-refractivity contribution in [3.63, 3.8) is 0 Å². The minimum Gasteiger partial charge on any atom is -0.508 e. The molecule has 0 aromatic heterocycles. The first-order chi connectivity index (χ1) is 8.33. The largest absolute Gasteiger partial charge is 0.508 e. The van der Waals surface area contributed by atoms with Gasteiger partial charge in [-0.15, -0.1) is 0 Å². The number of aliphatic hydroxyl groups excluding tert-OH is 1. The van der Waals surface area contributed by atoms with Crippen LogP contribution >= 0.6 is 0 Å². The summed E-state index contributed by atoms with van der Waals surface area (Å²) < 4.78 is 5.65. The second-order valence-electron chi connectivity index (χ2n) is 4.19. The fourth-order valence-electron chi connectivity index (χ4n) is 2.07. The summed E-state index contributed by atoms with van der Waals surface area (Å²) in [5.41, 5.74) is 2.04. The van der Waals surface area contributed by atoms with Gasteiger partial charge < -0.3 is 14.9 Å². The maximum atomic E-state index is 9.86. The van der Waals surface area contributed by atoms with E-state index < -0.39 is 0 Å². The Bertz CT molecular complexity index is 410. The number of phenols is 1. The average Bonchev–Trinajstić information content (AvgIpc) is 2.37. The van der Waals surface area contributed by atoms with Crippen molar-refractivity contribution >= 4 is 0 Å². The van der Waals surface area contributed by atoms with Crippen molar-refractivity contribution in [2.24, 2.45) is 0 Å². The van der Waals surface area contributed by atoms with Crippen LogP contribution in [0.2, 0.25) is 0 Å². The van der Waals surface area contributed by atoms with Crippen LogP contribution in [0.15, 0.2) is 24.3 Å². The van der Waals surface area contributed by atoms with E-state index in [2.05, 4.69) is 0 Å². The summed E-state index contributed by atoms with van der Waals surface area (Å²) in [6.07, 6.45) is 7.23. The lowest BCUT2D eigenvalue weighted by molar-refractivity contribution is 0.283. The minimum atomic E-state index is 0.159. The van der Waals surface area contributed by atoms with Crippen LogP contribution in [0.25, 0.3) is 0 Å². The van der Waals surface area contributed by atoms with Gasteiger partial charge in [-0.2, -0.15) is 0 Å². The Morgan fingerprint density at radius 1 is 1.29 bits per heavy atom. The van der Waals surface area contributed by atoms with Crippen LogP contribution in [0.4, 0.5) is 0 Å². The monoisotopic (exact) mass is 234 g/mol. The summed E-state index contributed by atoms with van der Waals surface area (Å²) in [6, 6.07) is 3.67. The van der Waals surface area contributed by atoms with E-state index in [0.29, 0.717) is 18.6 Å². The Hall–Kier alpha value is -1.48. The number of phenolic OH excluding ortho intramolecular Hbond substituents is 1. The molecule has 0 spiro atoms. The van der Waals surface area contributed by atoms with E-state index >= 15 is 0 Å². The van der Waals surface area contributed by atoms with Crippen LogP contribution in [-0.2, 0) is 12.8 Å². The molecule has 2 rings (SSSR count). The van der Waals surface area contributed by atoms with Gasteiger partial charge in [0, 0.05) is 12.2 Å². The second-order valence-corrected chi connectivity index (χ2v) is 4.19. The molecule has 2 N–H and O–H groups in total. The predicted molar refractivity (Wildman–Crippen MR) is 66.5 cm³/mol. The fourth-order valence-corrected chi connectivity index (χ4v) is 2.07. The van der Waals surface area contributed by atoms with E-state index in [9.17, 15) is 5.11 Å². The molecule has 0 unspecified atom stereocenters. The van der Waals surface area contributed by atoms with Crippen molar-refractivity contribution in [1.29, 1.82) is 0 Å². The molecule has 0 aliphatic carbocycles. The zero-order chi connectivity index (χ0) is 12.1. The van der Waals surface area contributed by atoms with Gasteiger partial charge in [0.05, 0.1) is 6.61 Å². The first-order valence-corrected chi connectivity index (χ1v) is 6.05. The molecule has 0 amide bonds. The van der Waals surface area contributed by atoms with Gasteiger partial charge in [0.2, 0.25) is 0 Å². The van der Waals surface area contributed by atoms with E-state index in [4.69, 9.17) is 9.84 Å². The van der Waals surface area contributed by atoms with Gasteiger partial charge in [0.1, 0.15) is 11.5 Å². The SMILES string of the molecule is OCCC=CCc1c(O)ccc2c1OCCC2. The predicted octanol–water partition coefficient (Wildman–Crippen LogP) is 2.20. The molecule has 0 bridgehead atoms. The molecule has 3 heteroatoms. The van der Waals surface area contributed by atoms with E-state index in [0.717, 1.165) is 30.8 Å². The molecule has 92 valence electrons. The smallest absolute Gasteiger partial charge is 0.129 e. The van der Waals surface area contributed by atoms with Gasteiger partial charge in [-0.1, -0.05) is 18.2 Å². The molecule has 1 aromatic carbocycles. The first kappa shape index (κ1) is 12.0. The van der Waals surface area contributed by atoms with Gasteiger partial charge in [0.15, 0.2) is 0 Å². The molecular weight excluding hydrogens is 216 g/mol. The third-order valence-electron chi connectivity index (χ3n) is 2.94. The van der Waals surface area contributed by atoms with Crippen molar-refractivity contribution < 1.29 is 14.9 Å². The highest BCUT2D eigenvalue weighted by molar-refractivity contribution is 5.51. The van der Waals surface area contributed by atoms with Gasteiger partial charge in [-0.3, -0.25) is 0 Å². The highest BCUT2D eigenvalue weighted by Gasteiger charge is 2.16. The average molecular weight is 234 g/mol. The van der Waals surface area contributed by atoms with Crippen molar-refractivity contribution in [2.75, 3.05) is 13.2 Å². The highest BCUT2D eigenvalue weighted by atomic mass is 16.5. The molecule has 1 aliphatic rings. The number of rotatable bonds is 4. The number of hydrogen-bond donors (Lipinski definition) is 2. The van der Waals surface area contributed by atoms with Crippen LogP contribution in [0.3, 0.4) is 0 Å². The molecule has 0 saturated carbocycles. The van der Waals surface area contributed by atoms with Gasteiger partial charge in [-0.25, -0.2) is 0 Å². The second kappa shape index (κ2) is 5.73. The maximum absolute atomic E-state index is 9.86. The Labute approximate surface area is 101 Å². The van der Waals surface area contributed by atoms with E-state index in [1.165, 1.54) is 5.56 Å². The normalized spacial score (nSPS) is 14.6. The first-order valence-electron chi connectivity index (χ1n) is 6.05. The van der Waals surface area contributed by atoms with Crippen molar-refractivity contribution in [1.82, 2.24) is 0 Å². The van der Waals surface area contributed by atoms with Crippen molar-refractivity contribution in [2.45, 2.75) is 25.7 Å². The number of ether oxygens (including phenoxy) is 1. The summed E-state index contributed by atoms with van der Waals surface area (Å²) >= 11 is 0. The van der Waals surface area contributed by atoms with Gasteiger partial charge in [0.25, 0.3) is 0 Å². The lowest BCUT2D eigenvalue weighted by Gasteiger charge is -2.20. The van der Waals surface area contributed by atoms with Crippen LogP contribution in [0, 0.1) is 0 Å². The lowest BCUT2D eigenvalue weighted by Crippen LogP contribution is -2.10. The molecule has 0 radical (unpaired) electrons. The zero-order valence-corrected chi connectivity index (χ0v) is 9.85. The standard InChI is InChI=1S/C14H18O3/c15-9-3-1-2-6-12-13(16)8-7-11-5-4-10-17-14(11)12/h1-2,7-8,15-16H,3-6,9-10H2. The number of aromatic hydroxyl groups is 1. The number of fused-ring (bicyclic) bond motifs is 1. The third-order valence-corrected chi connectivity index (χ3v) is 2.94. The van der Waals surface area contributed by atoms with Crippen LogP contribution < -0.4 is 4.74 Å². The Morgan fingerprint density at radius 2 is 2.18 bits per heavy atom. The van der Waals surface area contributed by atoms with Gasteiger partial charge >= 0.3 is 0 Å². The molecule has 3 nitrogen and oxygen atoms in total. The summed E-state index contributed by atoms with van der Waals surface area (Å²) in [4.78, 5) is 0. The highest BCUT2D eigenvalue weighted by Crippen LogP contribution is 2.35. The number of aryl methyl sites for hydroxylation is 1. The van der Waals surface area contributed by atoms with E-state index in [-0.39, 0.29) is 6.61 Å². The number of allylic oxidation sites excluding steroid dienone is 1. The minimum absolute atomic E-state index is 0.159. The molecular formula is C14H18O3. The Morgan fingerprint density at radius 3 is 3.00 bits per heavy atom. The Kier molecular flexibility index (Phi) is 4.04.